The lowest BCUT2D eigenvalue weighted by molar-refractivity contribution is -0.126. The van der Waals surface area contributed by atoms with Gasteiger partial charge in [-0.2, -0.15) is 0 Å². The van der Waals surface area contributed by atoms with E-state index in [2.05, 4.69) is 22.9 Å². The lowest BCUT2D eigenvalue weighted by atomic mass is 9.96. The Hall–Kier alpha value is -2.80. The Morgan fingerprint density at radius 3 is 2.45 bits per heavy atom. The molecule has 0 bridgehead atoms. The fourth-order valence-corrected chi connectivity index (χ4v) is 3.55. The molecule has 0 aromatic heterocycles. The molecule has 0 aliphatic carbocycles. The summed E-state index contributed by atoms with van der Waals surface area (Å²) in [6, 6.07) is 10.1. The summed E-state index contributed by atoms with van der Waals surface area (Å²) >= 11 is 0. The Balaban J connectivity index is 0.00000166. The quantitative estimate of drug-likeness (QED) is 0.750. The number of rotatable bonds is 5. The first-order valence-corrected chi connectivity index (χ1v) is 10.9. The van der Waals surface area contributed by atoms with E-state index in [9.17, 15) is 9.59 Å². The first kappa shape index (κ1) is 24.5. The first-order chi connectivity index (χ1) is 14.7. The number of nitrogens with zero attached hydrogens (tertiary/aromatic N) is 2. The second-order valence-electron chi connectivity index (χ2n) is 8.45. The van der Waals surface area contributed by atoms with E-state index < -0.39 is 11.7 Å². The minimum Gasteiger partial charge on any atom is -0.444 e. The Kier molecular flexibility index (Phi) is 8.28. The lowest BCUT2D eigenvalue weighted by Crippen LogP contribution is -2.45. The number of fused-ring (bicyclic) bond motifs is 1. The molecule has 1 aromatic rings. The summed E-state index contributed by atoms with van der Waals surface area (Å²) in [5.74, 6) is -0.0498. The molecule has 1 atom stereocenters. The van der Waals surface area contributed by atoms with Crippen molar-refractivity contribution >= 4 is 12.0 Å². The molecule has 0 saturated carbocycles. The molecule has 7 heteroatoms. The van der Waals surface area contributed by atoms with E-state index in [0.29, 0.717) is 12.1 Å². The van der Waals surface area contributed by atoms with Crippen molar-refractivity contribution in [1.29, 1.82) is 0 Å². The third kappa shape index (κ3) is 6.34. The van der Waals surface area contributed by atoms with Gasteiger partial charge in [-0.1, -0.05) is 44.2 Å². The number of hydrazine groups is 1. The van der Waals surface area contributed by atoms with Crippen LogP contribution in [0.25, 0.3) is 0 Å². The minimum absolute atomic E-state index is 0.0498. The zero-order valence-electron chi connectivity index (χ0n) is 19.8. The molecule has 31 heavy (non-hydrogen) atoms. The van der Waals surface area contributed by atoms with E-state index in [1.54, 1.807) is 5.01 Å². The van der Waals surface area contributed by atoms with Crippen LogP contribution in [0.4, 0.5) is 4.79 Å². The summed E-state index contributed by atoms with van der Waals surface area (Å²) in [5, 5.41) is 4.45. The highest BCUT2D eigenvalue weighted by molar-refractivity contribution is 5.98. The molecule has 2 aliphatic rings. The Labute approximate surface area is 186 Å². The molecule has 1 saturated heterocycles. The summed E-state index contributed by atoms with van der Waals surface area (Å²) in [7, 11) is 1.94. The highest BCUT2D eigenvalue weighted by Gasteiger charge is 2.40. The van der Waals surface area contributed by atoms with Gasteiger partial charge in [-0.15, -0.1) is 0 Å². The van der Waals surface area contributed by atoms with E-state index in [1.807, 2.05) is 77.9 Å². The molecule has 2 aliphatic heterocycles. The fourth-order valence-electron chi connectivity index (χ4n) is 3.55. The minimum atomic E-state index is -0.568. The van der Waals surface area contributed by atoms with Crippen LogP contribution in [0.15, 0.2) is 53.3 Å². The molecule has 7 nitrogen and oxygen atoms in total. The molecule has 1 fully saturated rings. The predicted octanol–water partition coefficient (Wildman–Crippen LogP) is 3.60. The van der Waals surface area contributed by atoms with Crippen molar-refractivity contribution in [3.8, 4) is 0 Å². The zero-order valence-corrected chi connectivity index (χ0v) is 19.8. The second-order valence-corrected chi connectivity index (χ2v) is 8.45. The average molecular weight is 429 g/mol. The van der Waals surface area contributed by atoms with Gasteiger partial charge in [0, 0.05) is 26.3 Å². The number of ether oxygens (including phenoxy) is 1. The van der Waals surface area contributed by atoms with Crippen molar-refractivity contribution < 1.29 is 14.3 Å². The highest BCUT2D eigenvalue weighted by atomic mass is 16.6. The van der Waals surface area contributed by atoms with E-state index >= 15 is 0 Å². The van der Waals surface area contributed by atoms with Gasteiger partial charge in [0.25, 0.3) is 5.91 Å². The maximum Gasteiger partial charge on any atom is 0.407 e. The molecule has 3 rings (SSSR count). The number of hydrogen-bond donors (Lipinski definition) is 2. The molecular weight excluding hydrogens is 392 g/mol. The topological polar surface area (TPSA) is 73.9 Å². The van der Waals surface area contributed by atoms with Crippen molar-refractivity contribution in [3.63, 3.8) is 0 Å². The van der Waals surface area contributed by atoms with Crippen LogP contribution in [0.2, 0.25) is 0 Å². The first-order valence-electron chi connectivity index (χ1n) is 10.9. The number of likely N-dealkylation sites (N-methyl/N-ethyl adjacent to an activating group) is 1. The van der Waals surface area contributed by atoms with Crippen molar-refractivity contribution in [2.24, 2.45) is 0 Å². The number of carbonyl (C=O) groups excluding carboxylic acids is 2. The largest absolute Gasteiger partial charge is 0.444 e. The van der Waals surface area contributed by atoms with Crippen molar-refractivity contribution in [3.05, 3.63) is 58.8 Å². The predicted molar refractivity (Wildman–Crippen MR) is 123 cm³/mol. The number of amides is 2. The Morgan fingerprint density at radius 1 is 1.19 bits per heavy atom. The number of carbonyl (C=O) groups is 2. The van der Waals surface area contributed by atoms with Gasteiger partial charge in [0.15, 0.2) is 0 Å². The fraction of sp³-hybridized carbons (Fsp3) is 0.500. The van der Waals surface area contributed by atoms with E-state index in [4.69, 9.17) is 4.74 Å². The summed E-state index contributed by atoms with van der Waals surface area (Å²) in [4.78, 5) is 27.2. The molecule has 0 radical (unpaired) electrons. The van der Waals surface area contributed by atoms with Crippen LogP contribution in [-0.4, -0.2) is 53.8 Å². The Bertz CT molecular complexity index is 840. The van der Waals surface area contributed by atoms with Gasteiger partial charge < -0.3 is 15.0 Å². The third-order valence-electron chi connectivity index (χ3n) is 4.91. The monoisotopic (exact) mass is 428 g/mol. The highest BCUT2D eigenvalue weighted by Crippen LogP contribution is 2.30. The van der Waals surface area contributed by atoms with Crippen molar-refractivity contribution in [1.82, 2.24) is 20.7 Å². The maximum absolute atomic E-state index is 13.1. The molecule has 0 spiro atoms. The number of nitrogens with one attached hydrogen (secondary N) is 2. The lowest BCUT2D eigenvalue weighted by Gasteiger charge is -2.30. The van der Waals surface area contributed by atoms with E-state index in [1.165, 1.54) is 5.56 Å². The smallest absolute Gasteiger partial charge is 0.407 e. The van der Waals surface area contributed by atoms with Gasteiger partial charge in [-0.05, 0) is 50.8 Å². The molecule has 2 N–H and O–H groups in total. The second kappa shape index (κ2) is 10.5. The average Bonchev–Trinajstić information content (AvgIpc) is 3.04. The Morgan fingerprint density at radius 2 is 1.84 bits per heavy atom. The van der Waals surface area contributed by atoms with Crippen LogP contribution in [0.5, 0.6) is 0 Å². The summed E-state index contributed by atoms with van der Waals surface area (Å²) in [5.41, 5.74) is 6.38. The van der Waals surface area contributed by atoms with E-state index in [0.717, 1.165) is 17.6 Å². The van der Waals surface area contributed by atoms with Crippen LogP contribution in [-0.2, 0) is 16.0 Å². The van der Waals surface area contributed by atoms with Crippen LogP contribution < -0.4 is 10.7 Å². The molecule has 1 aromatic carbocycles. The molecule has 1 unspecified atom stereocenters. The van der Waals surface area contributed by atoms with E-state index in [-0.39, 0.29) is 18.6 Å². The molecular formula is C24H36N4O3. The normalized spacial score (nSPS) is 18.2. The molecule has 2 amide bonds. The number of alkyl carbamates (subject to hydrolysis) is 1. The maximum atomic E-state index is 13.1. The van der Waals surface area contributed by atoms with Crippen LogP contribution in [0.3, 0.4) is 0 Å². The summed E-state index contributed by atoms with van der Waals surface area (Å²) in [6.07, 6.45) is 2.02. The molecule has 2 heterocycles. The van der Waals surface area contributed by atoms with Gasteiger partial charge in [-0.25, -0.2) is 10.2 Å². The standard InChI is InChI=1S/C22H30N4O3.C2H6/c1-15-14-25(5)19-18(17(15)13-23-21(28)29-22(2,3)4)20(27)26(24-19)12-11-16-9-7-6-8-10-16;1-2/h6-10,14,19,24H,11-13H2,1-5H3,(H,23,28);1-2H3. The van der Waals surface area contributed by atoms with Gasteiger partial charge in [0.2, 0.25) is 0 Å². The number of hydrogen-bond acceptors (Lipinski definition) is 5. The van der Waals surface area contributed by atoms with Gasteiger partial charge >= 0.3 is 6.09 Å². The van der Waals surface area contributed by atoms with Gasteiger partial charge in [0.1, 0.15) is 11.8 Å². The SMILES string of the molecule is CC.CC1=CN(C)C2NN(CCc3ccccc3)C(=O)C2=C1CNC(=O)OC(C)(C)C. The van der Waals surface area contributed by atoms with Crippen molar-refractivity contribution in [2.45, 2.75) is 59.7 Å². The zero-order chi connectivity index (χ0) is 23.2. The summed E-state index contributed by atoms with van der Waals surface area (Å²) in [6.45, 7) is 12.2. The number of benzene rings is 1. The van der Waals surface area contributed by atoms with Crippen LogP contribution in [0, 0.1) is 0 Å². The summed E-state index contributed by atoms with van der Waals surface area (Å²) < 4.78 is 5.32. The van der Waals surface area contributed by atoms with Gasteiger partial charge in [0.05, 0.1) is 5.57 Å². The third-order valence-corrected chi connectivity index (χ3v) is 4.91. The van der Waals surface area contributed by atoms with Crippen LogP contribution >= 0.6 is 0 Å². The molecule has 170 valence electrons. The van der Waals surface area contributed by atoms with Crippen molar-refractivity contribution in [2.75, 3.05) is 20.1 Å². The van der Waals surface area contributed by atoms with Crippen LogP contribution in [0.1, 0.15) is 47.1 Å². The van der Waals surface area contributed by atoms with Gasteiger partial charge in [-0.3, -0.25) is 9.80 Å².